The Balaban J connectivity index is 1.43. The molecule has 3 heterocycles. The van der Waals surface area contributed by atoms with E-state index in [9.17, 15) is 9.59 Å². The van der Waals surface area contributed by atoms with Gasteiger partial charge in [0.15, 0.2) is 5.65 Å². The molecule has 0 unspecified atom stereocenters. The van der Waals surface area contributed by atoms with Gasteiger partial charge in [0.2, 0.25) is 11.9 Å². The molecule has 5 rings (SSSR count). The van der Waals surface area contributed by atoms with E-state index >= 15 is 0 Å². The van der Waals surface area contributed by atoms with Gasteiger partial charge in [-0.1, -0.05) is 35.3 Å². The summed E-state index contributed by atoms with van der Waals surface area (Å²) in [7, 11) is 3.74. The van der Waals surface area contributed by atoms with Crippen molar-refractivity contribution in [2.45, 2.75) is 13.1 Å². The number of carbonyl (C=O) groups is 1. The largest absolute Gasteiger partial charge is 0.333 e. The summed E-state index contributed by atoms with van der Waals surface area (Å²) in [5, 5.41) is 12.5. The minimum atomic E-state index is -0.604. The summed E-state index contributed by atoms with van der Waals surface area (Å²) >= 11 is 12.5. The van der Waals surface area contributed by atoms with Crippen LogP contribution in [-0.2, 0) is 17.9 Å². The molecule has 2 aromatic carbocycles. The number of H-pyrrole nitrogens is 1. The maximum atomic E-state index is 12.9. The average Bonchev–Trinajstić information content (AvgIpc) is 3.24. The number of amides is 1. The maximum Gasteiger partial charge on any atom is 0.333 e. The van der Waals surface area contributed by atoms with Crippen LogP contribution in [0.1, 0.15) is 11.1 Å². The van der Waals surface area contributed by atoms with Crippen molar-refractivity contribution in [2.75, 3.05) is 26.0 Å². The molecule has 0 spiro atoms. The quantitative estimate of drug-likeness (QED) is 0.368. The molecule has 184 valence electrons. The Kier molecular flexibility index (Phi) is 6.25. The first-order valence-corrected chi connectivity index (χ1v) is 11.8. The van der Waals surface area contributed by atoms with Crippen molar-refractivity contribution in [3.05, 3.63) is 79.7 Å². The zero-order valence-electron chi connectivity index (χ0n) is 19.5. The second-order valence-electron chi connectivity index (χ2n) is 8.74. The number of nitrogens with zero attached hydrogens (tertiary/aromatic N) is 5. The highest BCUT2D eigenvalue weighted by atomic mass is 35.5. The number of aromatic amines is 1. The molecule has 3 N–H and O–H groups in total. The fourth-order valence-corrected chi connectivity index (χ4v) is 4.72. The number of rotatable bonds is 5. The van der Waals surface area contributed by atoms with Crippen molar-refractivity contribution in [3.8, 4) is 5.69 Å². The molecule has 10 nitrogen and oxygen atoms in total. The number of nitrogens with one attached hydrogen (secondary N) is 3. The van der Waals surface area contributed by atoms with Gasteiger partial charge in [0.05, 0.1) is 27.7 Å². The first kappa shape index (κ1) is 24.0. The number of fused-ring (bicyclic) bond motifs is 2. The second kappa shape index (κ2) is 9.38. The third kappa shape index (κ3) is 4.46. The highest BCUT2D eigenvalue weighted by molar-refractivity contribution is 6.37. The lowest BCUT2D eigenvalue weighted by Crippen LogP contribution is -2.34. The Morgan fingerprint density at radius 1 is 1.17 bits per heavy atom. The highest BCUT2D eigenvalue weighted by Crippen LogP contribution is 2.28. The van der Waals surface area contributed by atoms with Crippen molar-refractivity contribution in [1.82, 2.24) is 29.3 Å². The molecule has 0 radical (unpaired) electrons. The van der Waals surface area contributed by atoms with Gasteiger partial charge in [-0.25, -0.2) is 14.3 Å². The number of hydrogen-bond donors (Lipinski definition) is 3. The Morgan fingerprint density at radius 2 is 1.89 bits per heavy atom. The van der Waals surface area contributed by atoms with Gasteiger partial charge in [0, 0.05) is 25.0 Å². The standard InChI is InChI=1S/C24H22Cl2N8O2/c1-32(2)12-19(35)33-10-13-6-7-15(8-14(13)11-33)29-23-28-9-16-21(27)34(24(36)31-22(16)30-23)20-17(25)4-3-5-18(20)26/h3-9,27H,10-12H2,1-2H3,(H2,28,29,30,31,36). The molecule has 4 aromatic rings. The lowest BCUT2D eigenvalue weighted by atomic mass is 10.1. The summed E-state index contributed by atoms with van der Waals surface area (Å²) in [6.07, 6.45) is 1.46. The normalized spacial score (nSPS) is 12.9. The van der Waals surface area contributed by atoms with Gasteiger partial charge in [0.25, 0.3) is 0 Å². The molecular formula is C24H22Cl2N8O2. The molecule has 1 aliphatic heterocycles. The summed E-state index contributed by atoms with van der Waals surface area (Å²) in [5.74, 6) is 0.332. The number of anilines is 2. The predicted molar refractivity (Wildman–Crippen MR) is 138 cm³/mol. The van der Waals surface area contributed by atoms with Crippen LogP contribution in [0.2, 0.25) is 10.0 Å². The molecule has 0 atom stereocenters. The number of hydrogen-bond acceptors (Lipinski definition) is 7. The van der Waals surface area contributed by atoms with E-state index in [1.807, 2.05) is 42.1 Å². The maximum absolute atomic E-state index is 12.9. The minimum Gasteiger partial charge on any atom is -0.333 e. The Hall–Kier alpha value is -3.73. The monoisotopic (exact) mass is 524 g/mol. The van der Waals surface area contributed by atoms with Gasteiger partial charge < -0.3 is 15.1 Å². The van der Waals surface area contributed by atoms with Crippen LogP contribution < -0.4 is 16.5 Å². The first-order chi connectivity index (χ1) is 17.2. The highest BCUT2D eigenvalue weighted by Gasteiger charge is 2.24. The third-order valence-electron chi connectivity index (χ3n) is 5.85. The van der Waals surface area contributed by atoms with Gasteiger partial charge in [-0.3, -0.25) is 15.2 Å². The van der Waals surface area contributed by atoms with E-state index in [1.54, 1.807) is 18.2 Å². The van der Waals surface area contributed by atoms with E-state index in [2.05, 4.69) is 20.3 Å². The smallest absolute Gasteiger partial charge is 0.333 e. The molecule has 0 fully saturated rings. The Labute approximate surface area is 215 Å². The van der Waals surface area contributed by atoms with E-state index in [-0.39, 0.29) is 38.7 Å². The number of benzene rings is 2. The second-order valence-corrected chi connectivity index (χ2v) is 9.55. The van der Waals surface area contributed by atoms with E-state index in [1.165, 1.54) is 6.20 Å². The van der Waals surface area contributed by atoms with E-state index < -0.39 is 5.69 Å². The van der Waals surface area contributed by atoms with Crippen LogP contribution in [-0.4, -0.2) is 55.9 Å². The van der Waals surface area contributed by atoms with E-state index in [0.29, 0.717) is 25.0 Å². The summed E-state index contributed by atoms with van der Waals surface area (Å²) < 4.78 is 1.09. The lowest BCUT2D eigenvalue weighted by molar-refractivity contribution is -0.132. The molecule has 0 aliphatic carbocycles. The van der Waals surface area contributed by atoms with Crippen LogP contribution in [0.4, 0.5) is 11.6 Å². The molecule has 36 heavy (non-hydrogen) atoms. The molecule has 12 heteroatoms. The summed E-state index contributed by atoms with van der Waals surface area (Å²) in [5.41, 5.74) is 2.56. The van der Waals surface area contributed by atoms with Crippen molar-refractivity contribution < 1.29 is 4.79 Å². The molecule has 0 saturated heterocycles. The molecule has 1 aliphatic rings. The van der Waals surface area contributed by atoms with Gasteiger partial charge in [-0.05, 0) is 49.5 Å². The summed E-state index contributed by atoms with van der Waals surface area (Å²) in [6, 6.07) is 10.7. The zero-order valence-corrected chi connectivity index (χ0v) is 21.0. The van der Waals surface area contributed by atoms with E-state index in [4.69, 9.17) is 28.6 Å². The van der Waals surface area contributed by atoms with Crippen LogP contribution >= 0.6 is 23.2 Å². The summed E-state index contributed by atoms with van der Waals surface area (Å²) in [6.45, 7) is 1.48. The molecule has 2 aromatic heterocycles. The SMILES string of the molecule is CN(C)CC(=O)N1Cc2ccc(Nc3ncc4c(=N)n(-c5c(Cl)cccc5Cl)c(=O)[nH]c4n3)cc2C1. The van der Waals surface area contributed by atoms with Crippen molar-refractivity contribution in [3.63, 3.8) is 0 Å². The molecule has 0 bridgehead atoms. The number of carbonyl (C=O) groups excluding carboxylic acids is 1. The van der Waals surface area contributed by atoms with Crippen LogP contribution in [0.25, 0.3) is 16.7 Å². The topological polar surface area (TPSA) is 123 Å². The fourth-order valence-electron chi connectivity index (χ4n) is 4.15. The Bertz CT molecular complexity index is 1610. The van der Waals surface area contributed by atoms with Gasteiger partial charge >= 0.3 is 5.69 Å². The van der Waals surface area contributed by atoms with Crippen molar-refractivity contribution in [1.29, 1.82) is 5.41 Å². The van der Waals surface area contributed by atoms with E-state index in [0.717, 1.165) is 21.4 Å². The Morgan fingerprint density at radius 3 is 2.61 bits per heavy atom. The average molecular weight is 525 g/mol. The number of aromatic nitrogens is 4. The van der Waals surface area contributed by atoms with Crippen LogP contribution in [0.3, 0.4) is 0 Å². The zero-order chi connectivity index (χ0) is 25.6. The molecular weight excluding hydrogens is 503 g/mol. The van der Waals surface area contributed by atoms with Crippen molar-refractivity contribution >= 4 is 51.8 Å². The first-order valence-electron chi connectivity index (χ1n) is 11.0. The van der Waals surface area contributed by atoms with Crippen molar-refractivity contribution in [2.24, 2.45) is 0 Å². The number of halogens is 2. The van der Waals surface area contributed by atoms with Crippen LogP contribution in [0.5, 0.6) is 0 Å². The lowest BCUT2D eigenvalue weighted by Gasteiger charge is -2.18. The predicted octanol–water partition coefficient (Wildman–Crippen LogP) is 3.04. The minimum absolute atomic E-state index is 0.0778. The van der Waals surface area contributed by atoms with Gasteiger partial charge in [-0.15, -0.1) is 0 Å². The third-order valence-corrected chi connectivity index (χ3v) is 6.46. The molecule has 0 saturated carbocycles. The number of likely N-dealkylation sites (N-methyl/N-ethyl adjacent to an activating group) is 1. The van der Waals surface area contributed by atoms with Crippen LogP contribution in [0.15, 0.2) is 47.4 Å². The van der Waals surface area contributed by atoms with Gasteiger partial charge in [-0.2, -0.15) is 4.98 Å². The van der Waals surface area contributed by atoms with Gasteiger partial charge in [0.1, 0.15) is 5.49 Å². The summed E-state index contributed by atoms with van der Waals surface area (Å²) in [4.78, 5) is 40.4. The molecule has 1 amide bonds. The number of para-hydroxylation sites is 1. The fraction of sp³-hybridized carbons (Fsp3) is 0.208. The van der Waals surface area contributed by atoms with Crippen LogP contribution in [0, 0.1) is 5.41 Å².